The second-order valence-electron chi connectivity index (χ2n) is 8.46. The van der Waals surface area contributed by atoms with Crippen molar-refractivity contribution in [3.05, 3.63) is 60.8 Å². The van der Waals surface area contributed by atoms with Gasteiger partial charge in [-0.1, -0.05) is 12.1 Å². The lowest BCUT2D eigenvalue weighted by atomic mass is 10.1. The average molecular weight is 578 g/mol. The second kappa shape index (κ2) is 12.3. The van der Waals surface area contributed by atoms with Crippen LogP contribution in [0, 0.1) is 0 Å². The van der Waals surface area contributed by atoms with Gasteiger partial charge in [0.2, 0.25) is 0 Å². The number of fused-ring (bicyclic) bond motifs is 2. The van der Waals surface area contributed by atoms with Crippen molar-refractivity contribution in [1.29, 1.82) is 0 Å². The largest absolute Gasteiger partial charge is 0.489 e. The normalized spacial score (nSPS) is 11.6. The van der Waals surface area contributed by atoms with Gasteiger partial charge >= 0.3 is 5.97 Å². The number of anilines is 2. The molecule has 12 nitrogen and oxygen atoms in total. The predicted octanol–water partition coefficient (Wildman–Crippen LogP) is 3.76. The van der Waals surface area contributed by atoms with Crippen molar-refractivity contribution < 1.29 is 40.6 Å². The number of hydrogen-bond acceptors (Lipinski definition) is 9. The number of hydrogen-bond donors (Lipinski definition) is 5. The lowest BCUT2D eigenvalue weighted by Crippen LogP contribution is -2.06. The van der Waals surface area contributed by atoms with E-state index in [0.717, 1.165) is 16.8 Å². The van der Waals surface area contributed by atoms with Crippen LogP contribution in [0.1, 0.15) is 25.7 Å². The third-order valence-electron chi connectivity index (χ3n) is 5.53. The molecule has 0 bridgehead atoms. The van der Waals surface area contributed by atoms with Gasteiger partial charge in [-0.05, 0) is 72.5 Å². The maximum Gasteiger partial charge on any atom is 0.303 e. The van der Waals surface area contributed by atoms with Crippen LogP contribution in [0.3, 0.4) is 0 Å². The van der Waals surface area contributed by atoms with E-state index in [0.29, 0.717) is 31.6 Å². The number of nitrogens with two attached hydrogens (primary N) is 2. The molecule has 14 heteroatoms. The molecule has 0 unspecified atom stereocenters. The standard InChI is InChI=1S/C15H18N2O6S.C10H9NO3S/c16-11-9-12(24(20,21)22)10-5-4-7-17-14(10)15(11)23-8-3-1-2-6-13(18)19;11-9-3-1-8-6-10(15(12,13)14)4-2-7(8)5-9/h4-5,7,9H,1-3,6,8,16H2,(H,18,19)(H,20,21,22);1-6H,11H2,(H,12,13,14). The van der Waals surface area contributed by atoms with E-state index in [9.17, 15) is 26.2 Å². The van der Waals surface area contributed by atoms with Gasteiger partial charge in [-0.25, -0.2) is 0 Å². The van der Waals surface area contributed by atoms with Gasteiger partial charge in [0.15, 0.2) is 5.75 Å². The van der Waals surface area contributed by atoms with Crippen molar-refractivity contribution >= 4 is 59.3 Å². The van der Waals surface area contributed by atoms with E-state index in [2.05, 4.69) is 4.98 Å². The summed E-state index contributed by atoms with van der Waals surface area (Å²) in [4.78, 5) is 14.1. The van der Waals surface area contributed by atoms with Crippen molar-refractivity contribution in [2.24, 2.45) is 0 Å². The van der Waals surface area contributed by atoms with Crippen LogP contribution in [0.5, 0.6) is 5.75 Å². The fraction of sp³-hybridized carbons (Fsp3) is 0.200. The summed E-state index contributed by atoms with van der Waals surface area (Å²) in [6.07, 6.45) is 3.43. The monoisotopic (exact) mass is 577 g/mol. The summed E-state index contributed by atoms with van der Waals surface area (Å²) in [6, 6.07) is 13.7. The summed E-state index contributed by atoms with van der Waals surface area (Å²) in [5.74, 6) is -0.590. The molecule has 0 fully saturated rings. The van der Waals surface area contributed by atoms with Gasteiger partial charge in [-0.2, -0.15) is 16.8 Å². The summed E-state index contributed by atoms with van der Waals surface area (Å²) >= 11 is 0. The minimum absolute atomic E-state index is 0.0550. The summed E-state index contributed by atoms with van der Waals surface area (Å²) in [5, 5.41) is 10.3. The predicted molar refractivity (Wildman–Crippen MR) is 146 cm³/mol. The van der Waals surface area contributed by atoms with E-state index in [-0.39, 0.29) is 38.6 Å². The van der Waals surface area contributed by atoms with E-state index in [1.165, 1.54) is 24.4 Å². The summed E-state index contributed by atoms with van der Waals surface area (Å²) in [7, 11) is -8.58. The zero-order chi connectivity index (χ0) is 28.8. The molecule has 0 aliphatic carbocycles. The van der Waals surface area contributed by atoms with Crippen LogP contribution in [0.25, 0.3) is 21.7 Å². The Balaban J connectivity index is 0.000000239. The Kier molecular flexibility index (Phi) is 9.29. The van der Waals surface area contributed by atoms with Crippen LogP contribution in [-0.2, 0) is 25.0 Å². The smallest absolute Gasteiger partial charge is 0.303 e. The van der Waals surface area contributed by atoms with Gasteiger partial charge in [0.05, 0.1) is 17.2 Å². The highest BCUT2D eigenvalue weighted by atomic mass is 32.2. The van der Waals surface area contributed by atoms with Crippen molar-refractivity contribution in [2.45, 2.75) is 35.5 Å². The maximum absolute atomic E-state index is 11.5. The van der Waals surface area contributed by atoms with E-state index in [1.807, 2.05) is 0 Å². The molecular weight excluding hydrogens is 550 g/mol. The first kappa shape index (κ1) is 29.6. The van der Waals surface area contributed by atoms with E-state index in [1.54, 1.807) is 30.3 Å². The number of aromatic nitrogens is 1. The number of nitrogen functional groups attached to an aromatic ring is 2. The molecule has 3 aromatic carbocycles. The lowest BCUT2D eigenvalue weighted by Gasteiger charge is -2.13. The minimum atomic E-state index is -4.44. The topological polar surface area (TPSA) is 220 Å². The fourth-order valence-electron chi connectivity index (χ4n) is 3.70. The van der Waals surface area contributed by atoms with Crippen LogP contribution >= 0.6 is 0 Å². The second-order valence-corrected chi connectivity index (χ2v) is 11.3. The van der Waals surface area contributed by atoms with Crippen LogP contribution in [-0.4, -0.2) is 48.6 Å². The Morgan fingerprint density at radius 2 is 1.56 bits per heavy atom. The molecular formula is C25H27N3O9S2. The zero-order valence-electron chi connectivity index (χ0n) is 20.5. The quantitative estimate of drug-likeness (QED) is 0.109. The van der Waals surface area contributed by atoms with Crippen LogP contribution in [0.2, 0.25) is 0 Å². The van der Waals surface area contributed by atoms with Gasteiger partial charge in [0.1, 0.15) is 10.4 Å². The molecule has 7 N–H and O–H groups in total. The van der Waals surface area contributed by atoms with Gasteiger partial charge in [-0.3, -0.25) is 18.9 Å². The molecule has 1 heterocycles. The molecule has 4 rings (SSSR count). The van der Waals surface area contributed by atoms with Gasteiger partial charge < -0.3 is 21.3 Å². The van der Waals surface area contributed by atoms with Crippen LogP contribution < -0.4 is 16.2 Å². The number of carboxylic acid groups (broad SMARTS) is 1. The average Bonchev–Trinajstić information content (AvgIpc) is 2.85. The Hall–Kier alpha value is -3.98. The molecule has 0 atom stereocenters. The first-order valence-electron chi connectivity index (χ1n) is 11.5. The highest BCUT2D eigenvalue weighted by molar-refractivity contribution is 7.86. The first-order chi connectivity index (χ1) is 18.3. The Labute approximate surface area is 224 Å². The molecule has 4 aromatic rings. The summed E-state index contributed by atoms with van der Waals surface area (Å²) < 4.78 is 68.5. The number of pyridine rings is 1. The molecule has 0 aliphatic heterocycles. The van der Waals surface area contributed by atoms with Gasteiger partial charge in [-0.15, -0.1) is 0 Å². The van der Waals surface area contributed by atoms with Gasteiger partial charge in [0, 0.05) is 23.7 Å². The molecule has 0 saturated heterocycles. The van der Waals surface area contributed by atoms with Crippen molar-refractivity contribution in [1.82, 2.24) is 4.98 Å². The molecule has 1 aromatic heterocycles. The SMILES string of the molecule is Nc1cc(S(=O)(=O)O)c2cccnc2c1OCCCCCC(=O)O.Nc1ccc2cc(S(=O)(=O)O)ccc2c1. The third-order valence-corrected chi connectivity index (χ3v) is 7.27. The minimum Gasteiger partial charge on any atom is -0.489 e. The Morgan fingerprint density at radius 3 is 2.23 bits per heavy atom. The van der Waals surface area contributed by atoms with Crippen molar-refractivity contribution in [3.63, 3.8) is 0 Å². The summed E-state index contributed by atoms with van der Waals surface area (Å²) in [5.41, 5.74) is 12.3. The molecule has 39 heavy (non-hydrogen) atoms. The first-order valence-corrected chi connectivity index (χ1v) is 14.4. The lowest BCUT2D eigenvalue weighted by molar-refractivity contribution is -0.137. The number of carbonyl (C=O) groups is 1. The molecule has 0 radical (unpaired) electrons. The molecule has 0 amide bonds. The Bertz CT molecular complexity index is 1720. The number of ether oxygens (including phenoxy) is 1. The molecule has 0 spiro atoms. The number of benzene rings is 3. The molecule has 208 valence electrons. The van der Waals surface area contributed by atoms with E-state index >= 15 is 0 Å². The maximum atomic E-state index is 11.5. The third kappa shape index (κ3) is 8.00. The van der Waals surface area contributed by atoms with Crippen LogP contribution in [0.15, 0.2) is 70.6 Å². The summed E-state index contributed by atoms with van der Waals surface area (Å²) in [6.45, 7) is 0.292. The number of unbranched alkanes of at least 4 members (excludes halogenated alkanes) is 2. The number of rotatable bonds is 9. The number of nitrogens with zero attached hydrogens (tertiary/aromatic N) is 1. The zero-order valence-corrected chi connectivity index (χ0v) is 22.2. The number of carboxylic acids is 1. The fourth-order valence-corrected chi connectivity index (χ4v) is 4.94. The van der Waals surface area contributed by atoms with Crippen LogP contribution in [0.4, 0.5) is 11.4 Å². The van der Waals surface area contributed by atoms with Crippen molar-refractivity contribution in [3.8, 4) is 5.75 Å². The number of aliphatic carboxylic acids is 1. The van der Waals surface area contributed by atoms with E-state index in [4.69, 9.17) is 25.9 Å². The highest BCUT2D eigenvalue weighted by Gasteiger charge is 2.20. The van der Waals surface area contributed by atoms with E-state index < -0.39 is 26.2 Å². The Morgan fingerprint density at radius 1 is 0.872 bits per heavy atom. The highest BCUT2D eigenvalue weighted by Crippen LogP contribution is 2.35. The van der Waals surface area contributed by atoms with Crippen molar-refractivity contribution in [2.75, 3.05) is 18.1 Å². The van der Waals surface area contributed by atoms with Gasteiger partial charge in [0.25, 0.3) is 20.2 Å². The molecule has 0 saturated carbocycles. The molecule has 0 aliphatic rings.